The van der Waals surface area contributed by atoms with Crippen LogP contribution in [0.5, 0.6) is 0 Å². The van der Waals surface area contributed by atoms with E-state index in [1.54, 1.807) is 23.4 Å². The molecule has 1 fully saturated rings. The first-order valence-corrected chi connectivity index (χ1v) is 7.34. The fourth-order valence-corrected chi connectivity index (χ4v) is 3.20. The Bertz CT molecular complexity index is 441. The van der Waals surface area contributed by atoms with Crippen molar-refractivity contribution in [2.45, 2.75) is 37.1 Å². The van der Waals surface area contributed by atoms with Crippen LogP contribution in [0.3, 0.4) is 0 Å². The van der Waals surface area contributed by atoms with Crippen molar-refractivity contribution in [3.63, 3.8) is 0 Å². The van der Waals surface area contributed by atoms with Crippen LogP contribution in [0.1, 0.15) is 36.0 Å². The van der Waals surface area contributed by atoms with Gasteiger partial charge >= 0.3 is 0 Å². The Morgan fingerprint density at radius 2 is 2.17 bits per heavy atom. The lowest BCUT2D eigenvalue weighted by Crippen LogP contribution is -2.44. The third kappa shape index (κ3) is 3.04. The van der Waals surface area contributed by atoms with E-state index < -0.39 is 0 Å². The lowest BCUT2D eigenvalue weighted by atomic mass is 9.93. The maximum absolute atomic E-state index is 12.3. The molecule has 1 amide bonds. The summed E-state index contributed by atoms with van der Waals surface area (Å²) in [6.45, 7) is 0. The first-order chi connectivity index (χ1) is 8.59. The van der Waals surface area contributed by atoms with Crippen LogP contribution in [0.2, 0.25) is 0 Å². The van der Waals surface area contributed by atoms with Crippen LogP contribution < -0.4 is 0 Å². The largest absolute Gasteiger partial charge is 0.337 e. The fourth-order valence-electron chi connectivity index (χ4n) is 2.39. The van der Waals surface area contributed by atoms with E-state index in [1.165, 1.54) is 0 Å². The SMILES string of the molecule is CN(C(=O)c1cncc(Br)c1)C1CCCCC1Cl. The number of halogens is 2. The van der Waals surface area contributed by atoms with Gasteiger partial charge in [0.1, 0.15) is 0 Å². The molecule has 0 aliphatic heterocycles. The molecule has 0 bridgehead atoms. The van der Waals surface area contributed by atoms with Gasteiger partial charge in [-0.15, -0.1) is 11.6 Å². The summed E-state index contributed by atoms with van der Waals surface area (Å²) in [4.78, 5) is 18.1. The summed E-state index contributed by atoms with van der Waals surface area (Å²) in [6, 6.07) is 1.92. The molecule has 1 aromatic rings. The Balaban J connectivity index is 2.13. The predicted octanol–water partition coefficient (Wildman–Crippen LogP) is 3.47. The maximum Gasteiger partial charge on any atom is 0.255 e. The van der Waals surface area contributed by atoms with Gasteiger partial charge in [-0.3, -0.25) is 9.78 Å². The number of nitrogens with zero attached hydrogens (tertiary/aromatic N) is 2. The molecule has 1 aliphatic carbocycles. The maximum atomic E-state index is 12.3. The molecule has 0 radical (unpaired) electrons. The fraction of sp³-hybridized carbons (Fsp3) is 0.538. The number of hydrogen-bond acceptors (Lipinski definition) is 2. The van der Waals surface area contributed by atoms with Crippen LogP contribution in [0.15, 0.2) is 22.9 Å². The lowest BCUT2D eigenvalue weighted by molar-refractivity contribution is 0.0700. The second kappa shape index (κ2) is 6.02. The summed E-state index contributed by atoms with van der Waals surface area (Å²) < 4.78 is 0.813. The van der Waals surface area contributed by atoms with Gasteiger partial charge in [-0.05, 0) is 34.8 Å². The summed E-state index contributed by atoms with van der Waals surface area (Å²) in [5.41, 5.74) is 0.598. The van der Waals surface area contributed by atoms with Crippen molar-refractivity contribution in [3.05, 3.63) is 28.5 Å². The van der Waals surface area contributed by atoms with E-state index in [4.69, 9.17) is 11.6 Å². The first kappa shape index (κ1) is 13.8. The highest BCUT2D eigenvalue weighted by molar-refractivity contribution is 9.10. The van der Waals surface area contributed by atoms with Gasteiger partial charge in [0, 0.05) is 30.0 Å². The van der Waals surface area contributed by atoms with Crippen molar-refractivity contribution < 1.29 is 4.79 Å². The normalized spacial score (nSPS) is 23.7. The van der Waals surface area contributed by atoms with E-state index in [0.717, 1.165) is 30.2 Å². The molecule has 3 nitrogen and oxygen atoms in total. The van der Waals surface area contributed by atoms with Gasteiger partial charge in [0.2, 0.25) is 0 Å². The Morgan fingerprint density at radius 3 is 2.83 bits per heavy atom. The van der Waals surface area contributed by atoms with Gasteiger partial charge in [0.05, 0.1) is 10.9 Å². The van der Waals surface area contributed by atoms with Gasteiger partial charge in [-0.1, -0.05) is 12.8 Å². The van der Waals surface area contributed by atoms with Crippen LogP contribution in [-0.4, -0.2) is 34.3 Å². The number of aromatic nitrogens is 1. The molecule has 0 aromatic carbocycles. The van der Waals surface area contributed by atoms with E-state index >= 15 is 0 Å². The number of amides is 1. The molecular formula is C13H16BrClN2O. The molecule has 0 saturated heterocycles. The minimum Gasteiger partial charge on any atom is -0.337 e. The van der Waals surface area contributed by atoms with Crippen molar-refractivity contribution >= 4 is 33.4 Å². The molecule has 2 rings (SSSR count). The molecule has 98 valence electrons. The second-order valence-electron chi connectivity index (χ2n) is 4.68. The van der Waals surface area contributed by atoms with Crippen LogP contribution >= 0.6 is 27.5 Å². The van der Waals surface area contributed by atoms with E-state index in [2.05, 4.69) is 20.9 Å². The topological polar surface area (TPSA) is 33.2 Å². The number of pyridine rings is 1. The zero-order valence-electron chi connectivity index (χ0n) is 10.3. The van der Waals surface area contributed by atoms with Crippen molar-refractivity contribution in [1.82, 2.24) is 9.88 Å². The number of carbonyl (C=O) groups excluding carboxylic acids is 1. The lowest BCUT2D eigenvalue weighted by Gasteiger charge is -2.34. The predicted molar refractivity (Wildman–Crippen MR) is 75.9 cm³/mol. The van der Waals surface area contributed by atoms with Crippen LogP contribution in [0.4, 0.5) is 0 Å². The highest BCUT2D eigenvalue weighted by Crippen LogP contribution is 2.27. The Labute approximate surface area is 121 Å². The molecule has 0 spiro atoms. The van der Waals surface area contributed by atoms with E-state index in [9.17, 15) is 4.79 Å². The van der Waals surface area contributed by atoms with Crippen LogP contribution in [-0.2, 0) is 0 Å². The summed E-state index contributed by atoms with van der Waals surface area (Å²) in [6.07, 6.45) is 7.53. The molecular weight excluding hydrogens is 316 g/mol. The van der Waals surface area contributed by atoms with Crippen molar-refractivity contribution in [3.8, 4) is 0 Å². The van der Waals surface area contributed by atoms with E-state index in [-0.39, 0.29) is 17.3 Å². The minimum absolute atomic E-state index is 0.0126. The van der Waals surface area contributed by atoms with Gasteiger partial charge in [-0.2, -0.15) is 0 Å². The quantitative estimate of drug-likeness (QED) is 0.778. The van der Waals surface area contributed by atoms with Crippen molar-refractivity contribution in [1.29, 1.82) is 0 Å². The molecule has 1 aromatic heterocycles. The van der Waals surface area contributed by atoms with E-state index in [0.29, 0.717) is 5.56 Å². The standard InChI is InChI=1S/C13H16BrClN2O/c1-17(12-5-3-2-4-11(12)15)13(18)9-6-10(14)8-16-7-9/h6-8,11-12H,2-5H2,1H3. The van der Waals surface area contributed by atoms with Crippen LogP contribution in [0.25, 0.3) is 0 Å². The zero-order chi connectivity index (χ0) is 13.1. The molecule has 18 heavy (non-hydrogen) atoms. The Morgan fingerprint density at radius 1 is 1.44 bits per heavy atom. The summed E-state index contributed by atoms with van der Waals surface area (Å²) >= 11 is 9.65. The second-order valence-corrected chi connectivity index (χ2v) is 6.15. The molecule has 1 saturated carbocycles. The molecule has 1 aliphatic rings. The molecule has 2 unspecified atom stereocenters. The number of hydrogen-bond donors (Lipinski definition) is 0. The van der Waals surface area contributed by atoms with Crippen molar-refractivity contribution in [2.75, 3.05) is 7.05 Å². The molecule has 0 N–H and O–H groups in total. The van der Waals surface area contributed by atoms with Crippen molar-refractivity contribution in [2.24, 2.45) is 0 Å². The van der Waals surface area contributed by atoms with Crippen LogP contribution in [0, 0.1) is 0 Å². The Kier molecular flexibility index (Phi) is 4.62. The van der Waals surface area contributed by atoms with Gasteiger partial charge < -0.3 is 4.90 Å². The number of alkyl halides is 1. The first-order valence-electron chi connectivity index (χ1n) is 6.11. The van der Waals surface area contributed by atoms with Gasteiger partial charge in [0.25, 0.3) is 5.91 Å². The highest BCUT2D eigenvalue weighted by atomic mass is 79.9. The summed E-state index contributed by atoms with van der Waals surface area (Å²) in [5.74, 6) is -0.0126. The minimum atomic E-state index is -0.0126. The van der Waals surface area contributed by atoms with E-state index in [1.807, 2.05) is 7.05 Å². The molecule has 5 heteroatoms. The molecule has 1 heterocycles. The van der Waals surface area contributed by atoms with Gasteiger partial charge in [0.15, 0.2) is 0 Å². The Hall–Kier alpha value is -0.610. The average Bonchev–Trinajstić information content (AvgIpc) is 2.37. The highest BCUT2D eigenvalue weighted by Gasteiger charge is 2.29. The zero-order valence-corrected chi connectivity index (χ0v) is 12.6. The summed E-state index contributed by atoms with van der Waals surface area (Å²) in [7, 11) is 1.83. The van der Waals surface area contributed by atoms with Gasteiger partial charge in [-0.25, -0.2) is 0 Å². The molecule has 2 atom stereocenters. The average molecular weight is 332 g/mol. The third-order valence-corrected chi connectivity index (χ3v) is 4.36. The third-order valence-electron chi connectivity index (χ3n) is 3.42. The number of carbonyl (C=O) groups is 1. The number of rotatable bonds is 2. The smallest absolute Gasteiger partial charge is 0.255 e. The summed E-state index contributed by atoms with van der Waals surface area (Å²) in [5, 5.41) is 0.0628. The monoisotopic (exact) mass is 330 g/mol.